The second-order valence-corrected chi connectivity index (χ2v) is 8.93. The predicted octanol–water partition coefficient (Wildman–Crippen LogP) is 2.67. The highest BCUT2D eigenvalue weighted by molar-refractivity contribution is 8.04. The van der Waals surface area contributed by atoms with Crippen molar-refractivity contribution in [3.05, 3.63) is 21.7 Å². The van der Waals surface area contributed by atoms with Gasteiger partial charge in [-0.2, -0.15) is 0 Å². The highest BCUT2D eigenvalue weighted by Crippen LogP contribution is 2.46. The van der Waals surface area contributed by atoms with Gasteiger partial charge < -0.3 is 10.1 Å². The maximum absolute atomic E-state index is 12.4. The fraction of sp³-hybridized carbons (Fsp3) is 0.462. The number of fused-ring (bicyclic) bond motifs is 1. The van der Waals surface area contributed by atoms with E-state index in [0.29, 0.717) is 10.5 Å². The van der Waals surface area contributed by atoms with Crippen LogP contribution in [0.1, 0.15) is 13.8 Å². The number of allylic oxidation sites excluding steroid dienone is 1. The number of β-lactam (4-membered cyclic amide) rings is 1. The summed E-state index contributed by atoms with van der Waals surface area (Å²) >= 11 is 23.8. The summed E-state index contributed by atoms with van der Waals surface area (Å²) in [6, 6.07) is -0.747. The van der Waals surface area contributed by atoms with Gasteiger partial charge in [0, 0.05) is 17.4 Å². The molecule has 0 radical (unpaired) electrons. The molecule has 132 valence electrons. The van der Waals surface area contributed by atoms with E-state index in [1.165, 1.54) is 29.1 Å². The Morgan fingerprint density at radius 2 is 2.04 bits per heavy atom. The highest BCUT2D eigenvalue weighted by Gasteiger charge is 2.55. The zero-order valence-corrected chi connectivity index (χ0v) is 16.3. The molecule has 2 amide bonds. The smallest absolute Gasteiger partial charge is 0.355 e. The standard InChI is InChI=1S/C13H12Cl4N2O4S/c1-5-7(3-14)24-11-8(18-6(2)20)10(21)19(11)9(5)12(22)23-4-13(15,16)17/h3,8,11H,4H2,1-2H3,(H,18,20)/t8?,11-/m1/s1. The third-order valence-electron chi connectivity index (χ3n) is 3.27. The molecule has 0 aromatic rings. The number of nitrogens with zero attached hydrogens (tertiary/aromatic N) is 1. The molecule has 0 saturated carbocycles. The van der Waals surface area contributed by atoms with Gasteiger partial charge in [0.05, 0.1) is 0 Å². The van der Waals surface area contributed by atoms with Crippen molar-refractivity contribution in [2.75, 3.05) is 6.61 Å². The number of esters is 1. The van der Waals surface area contributed by atoms with Crippen molar-refractivity contribution in [3.8, 4) is 0 Å². The lowest BCUT2D eigenvalue weighted by Gasteiger charge is -2.49. The maximum atomic E-state index is 12.4. The number of ether oxygens (including phenoxy) is 1. The number of alkyl halides is 3. The van der Waals surface area contributed by atoms with Crippen LogP contribution in [0.2, 0.25) is 0 Å². The second-order valence-electron chi connectivity index (χ2n) is 5.03. The number of hydrogen-bond acceptors (Lipinski definition) is 5. The van der Waals surface area contributed by atoms with Crippen LogP contribution in [0.4, 0.5) is 0 Å². The number of nitrogens with one attached hydrogen (secondary N) is 1. The van der Waals surface area contributed by atoms with Crippen LogP contribution in [0.5, 0.6) is 0 Å². The molecule has 0 bridgehead atoms. The molecule has 1 fully saturated rings. The van der Waals surface area contributed by atoms with Gasteiger partial charge in [0.15, 0.2) is 0 Å². The molecule has 2 aliphatic heterocycles. The molecule has 1 saturated heterocycles. The summed E-state index contributed by atoms with van der Waals surface area (Å²) in [5, 5.41) is 2.05. The van der Waals surface area contributed by atoms with Crippen LogP contribution < -0.4 is 5.32 Å². The first-order valence-corrected chi connectivity index (χ1v) is 9.04. The summed E-state index contributed by atoms with van der Waals surface area (Å²) in [7, 11) is 0. The van der Waals surface area contributed by atoms with Crippen LogP contribution in [-0.2, 0) is 19.1 Å². The molecule has 11 heteroatoms. The van der Waals surface area contributed by atoms with E-state index in [1.54, 1.807) is 6.92 Å². The van der Waals surface area contributed by atoms with Crippen molar-refractivity contribution in [2.45, 2.75) is 29.1 Å². The number of carbonyl (C=O) groups is 3. The van der Waals surface area contributed by atoms with Gasteiger partial charge in [0.25, 0.3) is 5.91 Å². The Labute approximate surface area is 162 Å². The lowest BCUT2D eigenvalue weighted by atomic mass is 10.0. The van der Waals surface area contributed by atoms with Crippen molar-refractivity contribution >= 4 is 75.9 Å². The second kappa shape index (κ2) is 7.33. The van der Waals surface area contributed by atoms with E-state index in [9.17, 15) is 14.4 Å². The van der Waals surface area contributed by atoms with Crippen LogP contribution >= 0.6 is 58.2 Å². The van der Waals surface area contributed by atoms with E-state index >= 15 is 0 Å². The summed E-state index contributed by atoms with van der Waals surface area (Å²) in [4.78, 5) is 37.7. The van der Waals surface area contributed by atoms with Crippen molar-refractivity contribution in [3.63, 3.8) is 0 Å². The van der Waals surface area contributed by atoms with Crippen molar-refractivity contribution in [1.29, 1.82) is 0 Å². The average molecular weight is 434 g/mol. The van der Waals surface area contributed by atoms with Crippen LogP contribution in [0.25, 0.3) is 0 Å². The molecule has 2 atom stereocenters. The minimum Gasteiger partial charge on any atom is -0.456 e. The van der Waals surface area contributed by atoms with Gasteiger partial charge in [-0.05, 0) is 12.5 Å². The topological polar surface area (TPSA) is 75.7 Å². The molecular weight excluding hydrogens is 422 g/mol. The maximum Gasteiger partial charge on any atom is 0.355 e. The monoisotopic (exact) mass is 432 g/mol. The fourth-order valence-corrected chi connectivity index (χ4v) is 3.97. The number of amides is 2. The normalized spacial score (nSPS) is 25.3. The molecule has 24 heavy (non-hydrogen) atoms. The Kier molecular flexibility index (Phi) is 6.03. The number of thioether (sulfide) groups is 1. The quantitative estimate of drug-likeness (QED) is 0.420. The Balaban J connectivity index is 2.29. The number of halogens is 4. The lowest BCUT2D eigenvalue weighted by Crippen LogP contribution is -2.70. The molecule has 2 heterocycles. The summed E-state index contributed by atoms with van der Waals surface area (Å²) in [5.41, 5.74) is 1.79. The lowest BCUT2D eigenvalue weighted by molar-refractivity contribution is -0.152. The molecule has 0 aliphatic carbocycles. The molecule has 0 aromatic carbocycles. The fourth-order valence-electron chi connectivity index (χ4n) is 2.26. The Morgan fingerprint density at radius 3 is 2.54 bits per heavy atom. The van der Waals surface area contributed by atoms with Gasteiger partial charge in [-0.3, -0.25) is 14.5 Å². The van der Waals surface area contributed by atoms with Crippen LogP contribution in [0.15, 0.2) is 21.7 Å². The number of carbonyl (C=O) groups excluding carboxylic acids is 3. The minimum absolute atomic E-state index is 0.0199. The van der Waals surface area contributed by atoms with E-state index < -0.39 is 33.7 Å². The van der Waals surface area contributed by atoms with E-state index in [2.05, 4.69) is 5.32 Å². The van der Waals surface area contributed by atoms with Gasteiger partial charge >= 0.3 is 5.97 Å². The van der Waals surface area contributed by atoms with Crippen LogP contribution in [0.3, 0.4) is 0 Å². The molecule has 6 nitrogen and oxygen atoms in total. The summed E-state index contributed by atoms with van der Waals surface area (Å²) in [6.45, 7) is 2.46. The average Bonchev–Trinajstić information content (AvgIpc) is 2.49. The first-order chi connectivity index (χ1) is 11.1. The largest absolute Gasteiger partial charge is 0.456 e. The SMILES string of the molecule is CC(=O)NC1C(=O)N2C(C(=O)OCC(Cl)(Cl)Cl)=C(C)C(=CCl)S[C@H]12. The van der Waals surface area contributed by atoms with Gasteiger partial charge in [0.1, 0.15) is 23.7 Å². The molecular formula is C13H12Cl4N2O4S. The minimum atomic E-state index is -1.77. The van der Waals surface area contributed by atoms with Crippen molar-refractivity contribution in [1.82, 2.24) is 10.2 Å². The van der Waals surface area contributed by atoms with E-state index in [-0.39, 0.29) is 11.6 Å². The zero-order chi connectivity index (χ0) is 18.2. The molecule has 0 spiro atoms. The summed E-state index contributed by atoms with van der Waals surface area (Å²) in [6.07, 6.45) is 0. The first-order valence-electron chi connectivity index (χ1n) is 6.59. The Morgan fingerprint density at radius 1 is 1.42 bits per heavy atom. The van der Waals surface area contributed by atoms with Crippen LogP contribution in [-0.4, -0.2) is 44.5 Å². The number of rotatable bonds is 3. The zero-order valence-electron chi connectivity index (χ0n) is 12.4. The number of hydrogen-bond donors (Lipinski definition) is 1. The molecule has 0 aromatic heterocycles. The highest BCUT2D eigenvalue weighted by atomic mass is 35.6. The summed E-state index contributed by atoms with van der Waals surface area (Å²) in [5.74, 6) is -1.58. The molecule has 2 aliphatic rings. The van der Waals surface area contributed by atoms with Gasteiger partial charge in [-0.1, -0.05) is 58.2 Å². The van der Waals surface area contributed by atoms with E-state index in [0.717, 1.165) is 0 Å². The van der Waals surface area contributed by atoms with Gasteiger partial charge in [0.2, 0.25) is 9.70 Å². The predicted molar refractivity (Wildman–Crippen MR) is 93.7 cm³/mol. The van der Waals surface area contributed by atoms with Gasteiger partial charge in [-0.25, -0.2) is 4.79 Å². The van der Waals surface area contributed by atoms with Crippen LogP contribution in [0, 0.1) is 0 Å². The molecule has 1 N–H and O–H groups in total. The van der Waals surface area contributed by atoms with E-state index in [4.69, 9.17) is 51.1 Å². The van der Waals surface area contributed by atoms with Crippen molar-refractivity contribution in [2.24, 2.45) is 0 Å². The third kappa shape index (κ3) is 3.96. The van der Waals surface area contributed by atoms with Crippen molar-refractivity contribution < 1.29 is 19.1 Å². The van der Waals surface area contributed by atoms with Gasteiger partial charge in [-0.15, -0.1) is 0 Å². The first kappa shape index (κ1) is 19.7. The van der Waals surface area contributed by atoms with E-state index in [1.807, 2.05) is 0 Å². The Bertz CT molecular complexity index is 659. The molecule has 2 rings (SSSR count). The third-order valence-corrected chi connectivity index (χ3v) is 5.35. The molecule has 1 unspecified atom stereocenters. The summed E-state index contributed by atoms with van der Waals surface area (Å²) < 4.78 is 3.20. The Hall–Kier alpha value is -0.600.